The highest BCUT2D eigenvalue weighted by Crippen LogP contribution is 2.36. The number of esters is 1. The van der Waals surface area contributed by atoms with Crippen LogP contribution in [0.1, 0.15) is 44.1 Å². The lowest BCUT2D eigenvalue weighted by molar-refractivity contribution is -0.153. The molecule has 1 aromatic rings. The Morgan fingerprint density at radius 1 is 1.20 bits per heavy atom. The molecule has 0 aliphatic carbocycles. The fourth-order valence-electron chi connectivity index (χ4n) is 3.60. The van der Waals surface area contributed by atoms with Gasteiger partial charge in [0.2, 0.25) is 0 Å². The highest BCUT2D eigenvalue weighted by atomic mass is 16.5. The fourth-order valence-corrected chi connectivity index (χ4v) is 3.60. The summed E-state index contributed by atoms with van der Waals surface area (Å²) < 4.78 is 5.77. The molecule has 4 atom stereocenters. The van der Waals surface area contributed by atoms with Gasteiger partial charge in [0.1, 0.15) is 6.10 Å². The lowest BCUT2D eigenvalue weighted by Crippen LogP contribution is -2.43. The Morgan fingerprint density at radius 3 is 2.40 bits per heavy atom. The van der Waals surface area contributed by atoms with Gasteiger partial charge in [0, 0.05) is 12.1 Å². The van der Waals surface area contributed by atoms with Gasteiger partial charge in [-0.25, -0.2) is 0 Å². The first-order valence-corrected chi connectivity index (χ1v) is 7.62. The van der Waals surface area contributed by atoms with Crippen LogP contribution in [-0.4, -0.2) is 36.1 Å². The molecule has 2 heterocycles. The van der Waals surface area contributed by atoms with Crippen molar-refractivity contribution in [3.05, 3.63) is 35.9 Å². The van der Waals surface area contributed by atoms with E-state index in [0.29, 0.717) is 12.1 Å². The van der Waals surface area contributed by atoms with Crippen LogP contribution in [0.15, 0.2) is 30.3 Å². The molecule has 0 radical (unpaired) electrons. The molecule has 3 heteroatoms. The van der Waals surface area contributed by atoms with E-state index < -0.39 is 0 Å². The van der Waals surface area contributed by atoms with Gasteiger partial charge in [-0.3, -0.25) is 4.79 Å². The second kappa shape index (κ2) is 5.57. The molecule has 3 rings (SSSR count). The van der Waals surface area contributed by atoms with Gasteiger partial charge in [0.15, 0.2) is 0 Å². The molecule has 0 N–H and O–H groups in total. The van der Waals surface area contributed by atoms with Crippen LogP contribution in [0.4, 0.5) is 0 Å². The minimum atomic E-state index is -0.173. The van der Waals surface area contributed by atoms with Gasteiger partial charge in [-0.15, -0.1) is 0 Å². The lowest BCUT2D eigenvalue weighted by atomic mass is 9.99. The van der Waals surface area contributed by atoms with Crippen LogP contribution < -0.4 is 0 Å². The molecule has 2 aliphatic rings. The molecule has 0 spiro atoms. The van der Waals surface area contributed by atoms with Gasteiger partial charge in [0.05, 0.1) is 5.92 Å². The summed E-state index contributed by atoms with van der Waals surface area (Å²) in [5, 5.41) is 0. The fraction of sp³-hybridized carbons (Fsp3) is 0.588. The Morgan fingerprint density at radius 2 is 1.80 bits per heavy atom. The highest BCUT2D eigenvalue weighted by Gasteiger charge is 2.40. The number of nitrogens with zero attached hydrogens (tertiary/aromatic N) is 1. The Bertz CT molecular complexity index is 459. The first kappa shape index (κ1) is 13.6. The number of piperidine rings is 1. The van der Waals surface area contributed by atoms with Gasteiger partial charge in [0.25, 0.3) is 0 Å². The van der Waals surface area contributed by atoms with Gasteiger partial charge < -0.3 is 9.64 Å². The maximum absolute atomic E-state index is 12.3. The number of ether oxygens (including phenoxy) is 1. The van der Waals surface area contributed by atoms with Crippen LogP contribution in [-0.2, 0) is 9.53 Å². The van der Waals surface area contributed by atoms with E-state index in [1.165, 1.54) is 12.8 Å². The van der Waals surface area contributed by atoms with Crippen molar-refractivity contribution in [1.29, 1.82) is 0 Å². The molecule has 2 saturated heterocycles. The zero-order valence-electron chi connectivity index (χ0n) is 12.3. The van der Waals surface area contributed by atoms with Crippen LogP contribution in [0.3, 0.4) is 0 Å². The van der Waals surface area contributed by atoms with Crippen molar-refractivity contribution in [2.45, 2.75) is 56.7 Å². The second-order valence-electron chi connectivity index (χ2n) is 6.21. The van der Waals surface area contributed by atoms with E-state index in [4.69, 9.17) is 4.74 Å². The number of carbonyl (C=O) groups is 1. The SMILES string of the molecule is CC(C(=O)O[C@H]1CC2CC[C@@H](C1)N2C)c1ccccc1. The molecule has 2 aliphatic heterocycles. The molecular weight excluding hydrogens is 250 g/mol. The van der Waals surface area contributed by atoms with Gasteiger partial charge in [-0.2, -0.15) is 0 Å². The summed E-state index contributed by atoms with van der Waals surface area (Å²) in [4.78, 5) is 14.8. The van der Waals surface area contributed by atoms with Crippen LogP contribution in [0, 0.1) is 0 Å². The van der Waals surface area contributed by atoms with Crippen LogP contribution in [0.5, 0.6) is 0 Å². The van der Waals surface area contributed by atoms with E-state index >= 15 is 0 Å². The summed E-state index contributed by atoms with van der Waals surface area (Å²) in [7, 11) is 2.20. The Balaban J connectivity index is 1.60. The minimum Gasteiger partial charge on any atom is -0.462 e. The number of carbonyl (C=O) groups excluding carboxylic acids is 1. The van der Waals surface area contributed by atoms with Crippen molar-refractivity contribution in [2.24, 2.45) is 0 Å². The third-order valence-corrected chi connectivity index (χ3v) is 4.99. The standard InChI is InChI=1S/C17H23NO2/c1-12(13-6-4-3-5-7-13)17(19)20-16-10-14-8-9-15(11-16)18(14)2/h3-7,12,14-16H,8-11H2,1-2H3/t12?,14-,15?,16+/m0/s1. The molecule has 108 valence electrons. The molecule has 1 aromatic carbocycles. The second-order valence-corrected chi connectivity index (χ2v) is 6.21. The zero-order valence-corrected chi connectivity index (χ0v) is 12.3. The minimum absolute atomic E-state index is 0.0786. The number of fused-ring (bicyclic) bond motifs is 2. The Hall–Kier alpha value is -1.35. The summed E-state index contributed by atoms with van der Waals surface area (Å²) >= 11 is 0. The smallest absolute Gasteiger partial charge is 0.313 e. The van der Waals surface area contributed by atoms with Crippen molar-refractivity contribution in [3.8, 4) is 0 Å². The van der Waals surface area contributed by atoms with Crippen molar-refractivity contribution < 1.29 is 9.53 Å². The number of benzene rings is 1. The first-order valence-electron chi connectivity index (χ1n) is 7.62. The van der Waals surface area contributed by atoms with Gasteiger partial charge in [-0.05, 0) is 45.2 Å². The summed E-state index contributed by atoms with van der Waals surface area (Å²) in [5.74, 6) is -0.251. The van der Waals surface area contributed by atoms with E-state index in [0.717, 1.165) is 18.4 Å². The molecule has 2 fully saturated rings. The molecule has 0 amide bonds. The van der Waals surface area contributed by atoms with E-state index in [2.05, 4.69) is 11.9 Å². The zero-order chi connectivity index (χ0) is 14.1. The molecule has 3 nitrogen and oxygen atoms in total. The van der Waals surface area contributed by atoms with E-state index in [9.17, 15) is 4.79 Å². The Labute approximate surface area is 120 Å². The van der Waals surface area contributed by atoms with E-state index in [1.807, 2.05) is 37.3 Å². The average Bonchev–Trinajstić information content (AvgIpc) is 2.69. The lowest BCUT2D eigenvalue weighted by Gasteiger charge is -2.36. The van der Waals surface area contributed by atoms with E-state index in [1.54, 1.807) is 0 Å². The topological polar surface area (TPSA) is 29.5 Å². The van der Waals surface area contributed by atoms with Crippen molar-refractivity contribution in [2.75, 3.05) is 7.05 Å². The Kier molecular flexibility index (Phi) is 3.79. The first-order chi connectivity index (χ1) is 9.65. The summed E-state index contributed by atoms with van der Waals surface area (Å²) in [6, 6.07) is 11.1. The van der Waals surface area contributed by atoms with Crippen LogP contribution >= 0.6 is 0 Å². The van der Waals surface area contributed by atoms with E-state index in [-0.39, 0.29) is 18.0 Å². The predicted octanol–water partition coefficient (Wildman–Crippen LogP) is 2.96. The summed E-state index contributed by atoms with van der Waals surface area (Å²) in [5.41, 5.74) is 1.04. The van der Waals surface area contributed by atoms with Crippen molar-refractivity contribution in [1.82, 2.24) is 4.90 Å². The quantitative estimate of drug-likeness (QED) is 0.793. The maximum Gasteiger partial charge on any atom is 0.313 e. The summed E-state index contributed by atoms with van der Waals surface area (Å²) in [6.07, 6.45) is 4.62. The monoisotopic (exact) mass is 273 g/mol. The average molecular weight is 273 g/mol. The summed E-state index contributed by atoms with van der Waals surface area (Å²) in [6.45, 7) is 1.93. The highest BCUT2D eigenvalue weighted by molar-refractivity contribution is 5.77. The number of hydrogen-bond acceptors (Lipinski definition) is 3. The molecule has 2 unspecified atom stereocenters. The van der Waals surface area contributed by atoms with Crippen molar-refractivity contribution >= 4 is 5.97 Å². The normalized spacial score (nSPS) is 31.0. The molecule has 2 bridgehead atoms. The number of hydrogen-bond donors (Lipinski definition) is 0. The predicted molar refractivity (Wildman–Crippen MR) is 78.5 cm³/mol. The largest absolute Gasteiger partial charge is 0.462 e. The molecular formula is C17H23NO2. The van der Waals surface area contributed by atoms with Gasteiger partial charge >= 0.3 is 5.97 Å². The van der Waals surface area contributed by atoms with Crippen LogP contribution in [0.25, 0.3) is 0 Å². The third kappa shape index (κ3) is 2.59. The molecule has 0 aromatic heterocycles. The number of rotatable bonds is 3. The van der Waals surface area contributed by atoms with Crippen LogP contribution in [0.2, 0.25) is 0 Å². The third-order valence-electron chi connectivity index (χ3n) is 4.99. The van der Waals surface area contributed by atoms with Crippen molar-refractivity contribution in [3.63, 3.8) is 0 Å². The van der Waals surface area contributed by atoms with Gasteiger partial charge in [-0.1, -0.05) is 30.3 Å². The maximum atomic E-state index is 12.3. The molecule has 20 heavy (non-hydrogen) atoms. The molecule has 0 saturated carbocycles.